The highest BCUT2D eigenvalue weighted by molar-refractivity contribution is 6.25. The van der Waals surface area contributed by atoms with Crippen LogP contribution in [0, 0.1) is 0 Å². The van der Waals surface area contributed by atoms with Gasteiger partial charge in [-0.2, -0.15) is 0 Å². The zero-order valence-corrected chi connectivity index (χ0v) is 20.4. The third-order valence-corrected chi connectivity index (χ3v) is 5.32. The molecule has 0 spiro atoms. The van der Waals surface area contributed by atoms with E-state index in [4.69, 9.17) is 39.6 Å². The predicted octanol–water partition coefficient (Wildman–Crippen LogP) is -2.67. The smallest absolute Gasteiger partial charge is 0.329 e. The van der Waals surface area contributed by atoms with Crippen molar-refractivity contribution in [1.82, 2.24) is 9.80 Å². The quantitative estimate of drug-likeness (QED) is 0.382. The molecule has 2 aromatic carbocycles. The highest BCUT2D eigenvalue weighted by Crippen LogP contribution is 2.28. The third kappa shape index (κ3) is 9.98. The van der Waals surface area contributed by atoms with E-state index in [0.717, 1.165) is 44.0 Å². The monoisotopic (exact) mass is 513 g/mol. The minimum absolute atomic E-state index is 0.0621. The van der Waals surface area contributed by atoms with Crippen molar-refractivity contribution in [2.45, 2.75) is 26.3 Å². The van der Waals surface area contributed by atoms with Gasteiger partial charge >= 0.3 is 6.03 Å². The van der Waals surface area contributed by atoms with Gasteiger partial charge in [0, 0.05) is 19.1 Å². The maximum atomic E-state index is 13.3. The van der Waals surface area contributed by atoms with E-state index < -0.39 is 23.9 Å². The Morgan fingerprint density at radius 2 is 1.11 bits per heavy atom. The van der Waals surface area contributed by atoms with Gasteiger partial charge in [-0.1, -0.05) is 50.2 Å². The largest absolute Gasteiger partial charge is 0.543 e. The molecule has 1 aliphatic heterocycles. The van der Waals surface area contributed by atoms with Crippen molar-refractivity contribution in [2.24, 2.45) is 0 Å². The number of hydrogen-bond acceptors (Lipinski definition) is 10. The van der Waals surface area contributed by atoms with Crippen molar-refractivity contribution in [3.05, 3.63) is 60.7 Å². The Morgan fingerprint density at radius 1 is 0.730 bits per heavy atom. The molecule has 0 aromatic heterocycles. The summed E-state index contributed by atoms with van der Waals surface area (Å²) in [5.41, 5.74) is 1.81. The van der Waals surface area contributed by atoms with Gasteiger partial charge in [0.25, 0.3) is 0 Å². The lowest BCUT2D eigenvalue weighted by Crippen LogP contribution is -2.42. The van der Waals surface area contributed by atoms with E-state index in [1.54, 1.807) is 0 Å². The van der Waals surface area contributed by atoms with Gasteiger partial charge < -0.3 is 44.5 Å². The topological polar surface area (TPSA) is 187 Å². The average molecular weight is 514 g/mol. The first-order chi connectivity index (χ1) is 17.5. The number of rotatable bonds is 5. The lowest BCUT2D eigenvalue weighted by atomic mass is 10.2. The van der Waals surface area contributed by atoms with Gasteiger partial charge in [0.15, 0.2) is 0 Å². The molecule has 1 heterocycles. The molecule has 37 heavy (non-hydrogen) atoms. The zero-order chi connectivity index (χ0) is 28.0. The summed E-state index contributed by atoms with van der Waals surface area (Å²) in [5, 5.41) is 35.7. The van der Waals surface area contributed by atoms with Gasteiger partial charge in [0.1, 0.15) is 0 Å². The Bertz CT molecular complexity index is 956. The maximum Gasteiger partial charge on any atom is 0.329 e. The number of nitrogens with zero attached hydrogens (tertiary/aromatic N) is 3. The highest BCUT2D eigenvalue weighted by Gasteiger charge is 2.32. The summed E-state index contributed by atoms with van der Waals surface area (Å²) in [5.74, 6) is -8.74. The number of carboxylic acid groups (broad SMARTS) is 4. The summed E-state index contributed by atoms with van der Waals surface area (Å²) >= 11 is 0. The number of likely N-dealkylation sites (N-methyl/N-ethyl adjacent to an activating group) is 1. The van der Waals surface area contributed by atoms with Crippen LogP contribution in [-0.2, 0) is 19.2 Å². The van der Waals surface area contributed by atoms with E-state index in [2.05, 4.69) is 18.7 Å². The van der Waals surface area contributed by atoms with E-state index in [-0.39, 0.29) is 6.03 Å². The Kier molecular flexibility index (Phi) is 12.8. The first-order valence-corrected chi connectivity index (χ1v) is 11.3. The van der Waals surface area contributed by atoms with Crippen LogP contribution < -0.4 is 25.3 Å². The molecule has 0 aliphatic carbocycles. The molecule has 1 unspecified atom stereocenters. The van der Waals surface area contributed by atoms with Crippen LogP contribution in [0.2, 0.25) is 0 Å². The van der Waals surface area contributed by atoms with E-state index in [1.165, 1.54) is 0 Å². The summed E-state index contributed by atoms with van der Waals surface area (Å²) in [4.78, 5) is 55.3. The molecule has 0 N–H and O–H groups in total. The fourth-order valence-electron chi connectivity index (χ4n) is 3.62. The summed E-state index contributed by atoms with van der Waals surface area (Å²) < 4.78 is 0. The van der Waals surface area contributed by atoms with E-state index in [0.29, 0.717) is 6.04 Å². The van der Waals surface area contributed by atoms with Gasteiger partial charge in [-0.25, -0.2) is 4.79 Å². The van der Waals surface area contributed by atoms with Gasteiger partial charge in [0.2, 0.25) is 0 Å². The predicted molar refractivity (Wildman–Crippen MR) is 123 cm³/mol. The van der Waals surface area contributed by atoms with Crippen molar-refractivity contribution < 1.29 is 44.4 Å². The Labute approximate surface area is 214 Å². The molecule has 0 bridgehead atoms. The van der Waals surface area contributed by atoms with E-state index in [9.17, 15) is 4.79 Å². The van der Waals surface area contributed by atoms with Crippen molar-refractivity contribution >= 4 is 41.3 Å². The van der Waals surface area contributed by atoms with Crippen LogP contribution in [0.4, 0.5) is 16.2 Å². The first-order valence-electron chi connectivity index (χ1n) is 11.3. The van der Waals surface area contributed by atoms with Crippen molar-refractivity contribution in [1.29, 1.82) is 0 Å². The number of carbonyl (C=O) groups is 5. The average Bonchev–Trinajstić information content (AvgIpc) is 3.37. The molecule has 2 amide bonds. The number of para-hydroxylation sites is 2. The standard InChI is InChI=1S/C21H27N3O.2C2H2O4/c1-3-22(4-2)20-15-16-23(17-20)21(25)24(18-11-7-5-8-12-18)19-13-9-6-10-14-19;2*3-1(4)2(5)6/h5-14,20H,3-4,15-17H2,1-2H3;2*(H,3,4)(H,5,6)/p-4. The number of amides is 2. The highest BCUT2D eigenvalue weighted by atomic mass is 16.4. The Balaban J connectivity index is 0.000000476. The molecular weight excluding hydrogens is 486 g/mol. The van der Waals surface area contributed by atoms with Crippen LogP contribution >= 0.6 is 0 Å². The van der Waals surface area contributed by atoms with Crippen LogP contribution in [0.5, 0.6) is 0 Å². The molecule has 12 heteroatoms. The fourth-order valence-corrected chi connectivity index (χ4v) is 3.62. The molecule has 200 valence electrons. The van der Waals surface area contributed by atoms with Crippen LogP contribution in [0.3, 0.4) is 0 Å². The number of aliphatic carboxylic acids is 4. The summed E-state index contributed by atoms with van der Waals surface area (Å²) in [6.45, 7) is 8.06. The number of benzene rings is 2. The number of hydrogen-bond donors (Lipinski definition) is 0. The summed E-state index contributed by atoms with van der Waals surface area (Å²) in [7, 11) is 0. The Morgan fingerprint density at radius 3 is 1.43 bits per heavy atom. The normalized spacial score (nSPS) is 13.9. The van der Waals surface area contributed by atoms with E-state index in [1.807, 2.05) is 70.5 Å². The molecule has 0 radical (unpaired) electrons. The van der Waals surface area contributed by atoms with Crippen molar-refractivity contribution in [2.75, 3.05) is 31.1 Å². The minimum atomic E-state index is -2.19. The number of likely N-dealkylation sites (tertiary alicyclic amines) is 1. The van der Waals surface area contributed by atoms with E-state index >= 15 is 0 Å². The molecule has 12 nitrogen and oxygen atoms in total. The molecule has 0 saturated carbocycles. The summed E-state index contributed by atoms with van der Waals surface area (Å²) in [6.07, 6.45) is 1.05. The summed E-state index contributed by atoms with van der Waals surface area (Å²) in [6, 6.07) is 20.3. The Hall–Kier alpha value is -4.45. The van der Waals surface area contributed by atoms with Gasteiger partial charge in [0.05, 0.1) is 35.3 Å². The second kappa shape index (κ2) is 15.5. The number of carboxylic acids is 4. The van der Waals surface area contributed by atoms with Gasteiger partial charge in [-0.15, -0.1) is 0 Å². The number of urea groups is 1. The first kappa shape index (κ1) is 30.6. The van der Waals surface area contributed by atoms with Crippen LogP contribution in [0.15, 0.2) is 60.7 Å². The SMILES string of the molecule is CCN(CC)C1CCN(C(=O)N(c2ccccc2)c2ccccc2)C1.O=C([O-])C(=O)[O-].O=C([O-])C(=O)[O-]. The van der Waals surface area contributed by atoms with Crippen molar-refractivity contribution in [3.8, 4) is 0 Å². The lowest BCUT2D eigenvalue weighted by Gasteiger charge is -2.30. The fraction of sp³-hybridized carbons (Fsp3) is 0.320. The molecule has 1 saturated heterocycles. The minimum Gasteiger partial charge on any atom is -0.543 e. The zero-order valence-electron chi connectivity index (χ0n) is 20.4. The second-order valence-corrected chi connectivity index (χ2v) is 7.55. The number of anilines is 2. The second-order valence-electron chi connectivity index (χ2n) is 7.55. The van der Waals surface area contributed by atoms with Crippen LogP contribution in [0.1, 0.15) is 20.3 Å². The number of carbonyl (C=O) groups excluding carboxylic acids is 5. The molecule has 1 fully saturated rings. The van der Waals surface area contributed by atoms with Crippen LogP contribution in [0.25, 0.3) is 0 Å². The van der Waals surface area contributed by atoms with Crippen molar-refractivity contribution in [3.63, 3.8) is 0 Å². The van der Waals surface area contributed by atoms with Gasteiger partial charge in [-0.3, -0.25) is 9.80 Å². The molecule has 1 atom stereocenters. The molecule has 3 rings (SSSR count). The maximum absolute atomic E-state index is 13.3. The van der Waals surface area contributed by atoms with Crippen LogP contribution in [-0.4, -0.2) is 71.9 Å². The molecule has 2 aromatic rings. The lowest BCUT2D eigenvalue weighted by molar-refractivity contribution is -0.345. The molecular formula is C25H27N3O9-4. The third-order valence-electron chi connectivity index (χ3n) is 5.32. The molecule has 1 aliphatic rings. The van der Waals surface area contributed by atoms with Gasteiger partial charge in [-0.05, 0) is 43.8 Å².